The molecule has 2 aromatic heterocycles. The van der Waals surface area contributed by atoms with Crippen LogP contribution in [0.2, 0.25) is 0 Å². The van der Waals surface area contributed by atoms with Crippen molar-refractivity contribution in [2.24, 2.45) is 0 Å². The minimum absolute atomic E-state index is 0.0676. The molecule has 6 N–H and O–H groups in total. The van der Waals surface area contributed by atoms with Crippen molar-refractivity contribution < 1.29 is 47.3 Å². The van der Waals surface area contributed by atoms with Gasteiger partial charge in [-0.3, -0.25) is 14.2 Å². The molecule has 0 aliphatic carbocycles. The van der Waals surface area contributed by atoms with Crippen LogP contribution >= 0.6 is 6.57 Å². The molecule has 0 amide bonds. The number of hydrogen-bond acceptors (Lipinski definition) is 13. The first-order valence-electron chi connectivity index (χ1n) is 13.0. The van der Waals surface area contributed by atoms with Gasteiger partial charge >= 0.3 is 11.9 Å². The van der Waals surface area contributed by atoms with Gasteiger partial charge in [0.05, 0.1) is 18.8 Å². The zero-order valence-electron chi connectivity index (χ0n) is 23.8. The van der Waals surface area contributed by atoms with E-state index in [0.29, 0.717) is 0 Å². The standard InChI is InChI=1S/C23H36F2N7O8PS/c1-10(2)38-20(35)12(5)30-41(42,31-13(6)21(36)39-11(3)4)37-7-23(22(24)25)16(34)15(33)19(40-23)32-9-29-18-14(32)17(26)27-8-28-18/h8-13,15-16,19,22,33-34H,7H2,1-6H3,(H2,26,27,28)(H2,30,31,42)/t12-,13-,15+,16-,19+,23+/m0/s1. The number of aromatic nitrogens is 4. The summed E-state index contributed by atoms with van der Waals surface area (Å²) in [6, 6.07) is -2.20. The summed E-state index contributed by atoms with van der Waals surface area (Å²) in [4.78, 5) is 36.8. The average molecular weight is 640 g/mol. The number of carbonyl (C=O) groups is 2. The third-order valence-electron chi connectivity index (χ3n) is 6.10. The quantitative estimate of drug-likeness (QED) is 0.152. The molecule has 19 heteroatoms. The van der Waals surface area contributed by atoms with Crippen LogP contribution in [0.5, 0.6) is 0 Å². The van der Waals surface area contributed by atoms with Gasteiger partial charge in [-0.25, -0.2) is 33.9 Å². The van der Waals surface area contributed by atoms with Crippen LogP contribution in [-0.2, 0) is 40.1 Å². The molecule has 42 heavy (non-hydrogen) atoms. The highest BCUT2D eigenvalue weighted by Gasteiger charge is 2.61. The van der Waals surface area contributed by atoms with Gasteiger partial charge < -0.3 is 34.7 Å². The number of anilines is 1. The Bertz CT molecular complexity index is 1290. The second-order valence-electron chi connectivity index (χ2n) is 10.3. The lowest BCUT2D eigenvalue weighted by Crippen LogP contribution is -2.53. The predicted molar refractivity (Wildman–Crippen MR) is 148 cm³/mol. The first-order chi connectivity index (χ1) is 19.5. The summed E-state index contributed by atoms with van der Waals surface area (Å²) in [7, 11) is 0. The number of halogens is 2. The lowest BCUT2D eigenvalue weighted by atomic mass is 9.96. The third kappa shape index (κ3) is 7.37. The van der Waals surface area contributed by atoms with Crippen molar-refractivity contribution in [1.82, 2.24) is 29.7 Å². The van der Waals surface area contributed by atoms with Gasteiger partial charge in [-0.1, -0.05) is 0 Å². The Kier molecular flexibility index (Phi) is 10.9. The summed E-state index contributed by atoms with van der Waals surface area (Å²) in [6.45, 7) is 4.52. The predicted octanol–water partition coefficient (Wildman–Crippen LogP) is 0.764. The van der Waals surface area contributed by atoms with E-state index in [9.17, 15) is 28.6 Å². The van der Waals surface area contributed by atoms with E-state index in [4.69, 9.17) is 36.3 Å². The molecule has 1 fully saturated rings. The van der Waals surface area contributed by atoms with Gasteiger partial charge in [0.1, 0.15) is 42.5 Å². The molecule has 1 aliphatic heterocycles. The number of aliphatic hydroxyl groups excluding tert-OH is 2. The average Bonchev–Trinajstić information content (AvgIpc) is 3.42. The molecule has 0 aromatic carbocycles. The number of aliphatic hydroxyl groups is 2. The molecule has 0 radical (unpaired) electrons. The fraction of sp³-hybridized carbons (Fsp3) is 0.696. The second kappa shape index (κ2) is 13.5. The largest absolute Gasteiger partial charge is 0.462 e. The fourth-order valence-corrected chi connectivity index (χ4v) is 7.02. The van der Waals surface area contributed by atoms with Crippen molar-refractivity contribution in [1.29, 1.82) is 0 Å². The number of alkyl halides is 2. The molecule has 0 bridgehead atoms. The first-order valence-corrected chi connectivity index (χ1v) is 15.7. The van der Waals surface area contributed by atoms with Gasteiger partial charge in [-0.2, -0.15) is 0 Å². The molecule has 0 unspecified atom stereocenters. The van der Waals surface area contributed by atoms with Crippen LogP contribution in [-0.4, -0.2) is 96.8 Å². The Morgan fingerprint density at radius 3 is 2.14 bits per heavy atom. The number of hydrogen-bond donors (Lipinski definition) is 5. The number of rotatable bonds is 13. The van der Waals surface area contributed by atoms with E-state index in [1.165, 1.54) is 13.8 Å². The van der Waals surface area contributed by atoms with Gasteiger partial charge in [-0.15, -0.1) is 0 Å². The highest BCUT2D eigenvalue weighted by atomic mass is 32.4. The molecule has 3 rings (SSSR count). The summed E-state index contributed by atoms with van der Waals surface area (Å²) >= 11 is 5.61. The van der Waals surface area contributed by atoms with Crippen molar-refractivity contribution in [3.8, 4) is 0 Å². The monoisotopic (exact) mass is 639 g/mol. The Hall–Kier alpha value is -2.44. The number of ether oxygens (including phenoxy) is 3. The summed E-state index contributed by atoms with van der Waals surface area (Å²) in [5, 5.41) is 27.2. The maximum atomic E-state index is 14.7. The number of imidazole rings is 1. The van der Waals surface area contributed by atoms with Crippen LogP contribution in [0.1, 0.15) is 47.8 Å². The van der Waals surface area contributed by atoms with Crippen LogP contribution in [0.3, 0.4) is 0 Å². The zero-order chi connectivity index (χ0) is 31.6. The molecule has 6 atom stereocenters. The number of esters is 2. The molecule has 1 saturated heterocycles. The van der Waals surface area contributed by atoms with E-state index in [0.717, 1.165) is 17.2 Å². The SMILES string of the molecule is CC(C)OC(=O)[C@H](C)NP(=S)(N[C@@H](C)C(=O)OC(C)C)OC[C@@]1(C(F)F)O[C@@H](n2cnc3ncnc(N)c32)[C@H](O)[C@@H]1O. The number of nitrogens with one attached hydrogen (secondary N) is 2. The summed E-state index contributed by atoms with van der Waals surface area (Å²) < 4.78 is 52.3. The topological polar surface area (TPSA) is 205 Å². The number of nitrogens with two attached hydrogens (primary N) is 1. The normalized spacial score (nSPS) is 24.5. The highest BCUT2D eigenvalue weighted by Crippen LogP contribution is 2.47. The molecular formula is C23H36F2N7O8PS. The second-order valence-corrected chi connectivity index (χ2v) is 13.7. The first kappa shape index (κ1) is 34.1. The van der Waals surface area contributed by atoms with Gasteiger partial charge in [0, 0.05) is 0 Å². The minimum atomic E-state index is -3.77. The Balaban J connectivity index is 1.92. The van der Waals surface area contributed by atoms with Crippen molar-refractivity contribution >= 4 is 47.3 Å². The molecule has 3 heterocycles. The summed E-state index contributed by atoms with van der Waals surface area (Å²) in [5.74, 6) is -1.50. The molecule has 236 valence electrons. The van der Waals surface area contributed by atoms with E-state index in [1.807, 2.05) is 0 Å². The number of carbonyl (C=O) groups excluding carboxylic acids is 2. The summed E-state index contributed by atoms with van der Waals surface area (Å²) in [6.07, 6.45) is -7.74. The molecule has 2 aromatic rings. The zero-order valence-corrected chi connectivity index (χ0v) is 25.5. The molecular weight excluding hydrogens is 603 g/mol. The van der Waals surface area contributed by atoms with Gasteiger partial charge in [0.2, 0.25) is 0 Å². The third-order valence-corrected chi connectivity index (χ3v) is 9.00. The Morgan fingerprint density at radius 2 is 1.64 bits per heavy atom. The van der Waals surface area contributed by atoms with Crippen LogP contribution in [0.4, 0.5) is 14.6 Å². The number of nitrogens with zero attached hydrogens (tertiary/aromatic N) is 4. The van der Waals surface area contributed by atoms with E-state index in [-0.39, 0.29) is 17.0 Å². The van der Waals surface area contributed by atoms with E-state index in [2.05, 4.69) is 25.1 Å². The van der Waals surface area contributed by atoms with Crippen LogP contribution in [0.15, 0.2) is 12.7 Å². The van der Waals surface area contributed by atoms with Gasteiger partial charge in [0.15, 0.2) is 29.9 Å². The molecule has 1 aliphatic rings. The molecule has 0 spiro atoms. The minimum Gasteiger partial charge on any atom is -0.462 e. The fourth-order valence-electron chi connectivity index (χ4n) is 4.07. The maximum Gasteiger partial charge on any atom is 0.323 e. The van der Waals surface area contributed by atoms with Crippen molar-refractivity contribution in [2.75, 3.05) is 12.3 Å². The molecule has 15 nitrogen and oxygen atoms in total. The van der Waals surface area contributed by atoms with Crippen molar-refractivity contribution in [3.63, 3.8) is 0 Å². The number of nitrogen functional groups attached to an aromatic ring is 1. The van der Waals surface area contributed by atoms with Gasteiger partial charge in [0.25, 0.3) is 6.43 Å². The van der Waals surface area contributed by atoms with Crippen LogP contribution < -0.4 is 15.9 Å². The Morgan fingerprint density at radius 1 is 1.10 bits per heavy atom. The molecule has 0 saturated carbocycles. The highest BCUT2D eigenvalue weighted by molar-refractivity contribution is 8.10. The van der Waals surface area contributed by atoms with Crippen molar-refractivity contribution in [3.05, 3.63) is 12.7 Å². The van der Waals surface area contributed by atoms with Gasteiger partial charge in [-0.05, 0) is 53.3 Å². The number of fused-ring (bicyclic) bond motifs is 1. The van der Waals surface area contributed by atoms with Crippen molar-refractivity contribution in [2.45, 2.75) is 96.3 Å². The van der Waals surface area contributed by atoms with E-state index < -0.39 is 79.9 Å². The maximum absolute atomic E-state index is 14.7. The van der Waals surface area contributed by atoms with E-state index in [1.54, 1.807) is 27.7 Å². The Labute approximate surface area is 245 Å². The van der Waals surface area contributed by atoms with Crippen LogP contribution in [0.25, 0.3) is 11.2 Å². The summed E-state index contributed by atoms with van der Waals surface area (Å²) in [5.41, 5.74) is 3.28. The smallest absolute Gasteiger partial charge is 0.323 e. The van der Waals surface area contributed by atoms with Crippen LogP contribution in [0, 0.1) is 0 Å². The van der Waals surface area contributed by atoms with E-state index >= 15 is 0 Å². The lowest BCUT2D eigenvalue weighted by Gasteiger charge is -2.35. The lowest BCUT2D eigenvalue weighted by molar-refractivity contribution is -0.190.